The molecule has 0 aromatic rings. The van der Waals surface area contributed by atoms with Gasteiger partial charge in [0.05, 0.1) is 6.07 Å². The van der Waals surface area contributed by atoms with E-state index in [0.29, 0.717) is 19.5 Å². The number of hydrogen-bond acceptors (Lipinski definition) is 3. The number of nitriles is 1. The van der Waals surface area contributed by atoms with Crippen LogP contribution in [0.3, 0.4) is 0 Å². The van der Waals surface area contributed by atoms with Crippen LogP contribution in [0.4, 0.5) is 0 Å². The zero-order chi connectivity index (χ0) is 10.1. The van der Waals surface area contributed by atoms with Crippen molar-refractivity contribution in [1.82, 2.24) is 10.6 Å². The van der Waals surface area contributed by atoms with Crippen molar-refractivity contribution >= 4 is 11.8 Å². The fourth-order valence-corrected chi connectivity index (χ4v) is 0.663. The minimum Gasteiger partial charge on any atom is -0.354 e. The lowest BCUT2D eigenvalue weighted by atomic mass is 10.4. The van der Waals surface area contributed by atoms with Crippen molar-refractivity contribution in [2.24, 2.45) is 0 Å². The molecule has 0 aromatic heterocycles. The molecule has 0 saturated heterocycles. The van der Waals surface area contributed by atoms with Gasteiger partial charge in [0.25, 0.3) is 0 Å². The van der Waals surface area contributed by atoms with Crippen molar-refractivity contribution < 1.29 is 9.59 Å². The Balaban J connectivity index is 3.31. The third-order valence-electron chi connectivity index (χ3n) is 1.33. The first-order valence-corrected chi connectivity index (χ1v) is 4.11. The highest BCUT2D eigenvalue weighted by molar-refractivity contribution is 5.78. The van der Waals surface area contributed by atoms with Gasteiger partial charge in [-0.2, -0.15) is 5.26 Å². The molecule has 0 fully saturated rings. The second-order valence-corrected chi connectivity index (χ2v) is 2.39. The maximum Gasteiger partial charge on any atom is 0.234 e. The summed E-state index contributed by atoms with van der Waals surface area (Å²) >= 11 is 0. The molecule has 0 saturated carbocycles. The van der Waals surface area contributed by atoms with Gasteiger partial charge in [-0.25, -0.2) is 0 Å². The van der Waals surface area contributed by atoms with Gasteiger partial charge in [0, 0.05) is 19.5 Å². The Morgan fingerprint density at radius 1 is 1.23 bits per heavy atom. The number of nitrogens with one attached hydrogen (secondary N) is 2. The summed E-state index contributed by atoms with van der Waals surface area (Å²) in [5.74, 6) is -0.359. The molecule has 0 unspecified atom stereocenters. The fraction of sp³-hybridized carbons (Fsp3) is 0.625. The van der Waals surface area contributed by atoms with Crippen LogP contribution in [0, 0.1) is 11.3 Å². The molecular formula is C8H13N3O2. The predicted molar refractivity (Wildman–Crippen MR) is 46.5 cm³/mol. The Bertz CT molecular complexity index is 220. The SMILES string of the molecule is CCC(=O)NCCNC(=O)CC#N. The van der Waals surface area contributed by atoms with Gasteiger partial charge in [0.1, 0.15) is 6.42 Å². The number of rotatable bonds is 5. The van der Waals surface area contributed by atoms with E-state index in [4.69, 9.17) is 5.26 Å². The molecule has 2 amide bonds. The largest absolute Gasteiger partial charge is 0.354 e. The molecule has 0 aliphatic carbocycles. The average molecular weight is 183 g/mol. The Morgan fingerprint density at radius 2 is 1.77 bits per heavy atom. The van der Waals surface area contributed by atoms with Crippen LogP contribution in [-0.4, -0.2) is 24.9 Å². The van der Waals surface area contributed by atoms with Gasteiger partial charge >= 0.3 is 0 Å². The molecule has 0 aromatic carbocycles. The maximum atomic E-state index is 10.7. The molecule has 0 rings (SSSR count). The molecule has 0 bridgehead atoms. The van der Waals surface area contributed by atoms with Crippen molar-refractivity contribution in [3.63, 3.8) is 0 Å². The van der Waals surface area contributed by atoms with Crippen LogP contribution in [0.2, 0.25) is 0 Å². The second kappa shape index (κ2) is 7.10. The Hall–Kier alpha value is -1.57. The number of carbonyl (C=O) groups excluding carboxylic acids is 2. The molecule has 5 nitrogen and oxygen atoms in total. The normalized spacial score (nSPS) is 8.62. The fourth-order valence-electron chi connectivity index (χ4n) is 0.663. The van der Waals surface area contributed by atoms with Crippen LogP contribution in [0.1, 0.15) is 19.8 Å². The van der Waals surface area contributed by atoms with E-state index in [0.717, 1.165) is 0 Å². The average Bonchev–Trinajstić information content (AvgIpc) is 2.12. The number of nitrogens with zero attached hydrogens (tertiary/aromatic N) is 1. The lowest BCUT2D eigenvalue weighted by Gasteiger charge is -2.03. The lowest BCUT2D eigenvalue weighted by Crippen LogP contribution is -2.34. The van der Waals surface area contributed by atoms with Gasteiger partial charge in [-0.3, -0.25) is 9.59 Å². The summed E-state index contributed by atoms with van der Waals surface area (Å²) < 4.78 is 0. The molecule has 13 heavy (non-hydrogen) atoms. The van der Waals surface area contributed by atoms with Gasteiger partial charge in [-0.05, 0) is 0 Å². The highest BCUT2D eigenvalue weighted by atomic mass is 16.2. The molecule has 0 atom stereocenters. The third-order valence-corrected chi connectivity index (χ3v) is 1.33. The van der Waals surface area contributed by atoms with Crippen LogP contribution in [0.25, 0.3) is 0 Å². The maximum absolute atomic E-state index is 10.7. The highest BCUT2D eigenvalue weighted by Gasteiger charge is 1.98. The topological polar surface area (TPSA) is 82.0 Å². The van der Waals surface area contributed by atoms with E-state index in [1.54, 1.807) is 13.0 Å². The van der Waals surface area contributed by atoms with E-state index >= 15 is 0 Å². The molecule has 0 spiro atoms. The van der Waals surface area contributed by atoms with Gasteiger partial charge in [0.2, 0.25) is 11.8 Å². The summed E-state index contributed by atoms with van der Waals surface area (Å²) in [4.78, 5) is 21.4. The standard InChI is InChI=1S/C8H13N3O2/c1-2-7(12)10-5-6-11-8(13)3-4-9/h2-3,5-6H2,1H3,(H,10,12)(H,11,13). The highest BCUT2D eigenvalue weighted by Crippen LogP contribution is 1.75. The summed E-state index contributed by atoms with van der Waals surface area (Å²) in [5.41, 5.74) is 0. The Kier molecular flexibility index (Phi) is 6.24. The minimum absolute atomic E-state index is 0.0467. The molecule has 72 valence electrons. The Morgan fingerprint density at radius 3 is 2.23 bits per heavy atom. The van der Waals surface area contributed by atoms with E-state index in [1.807, 2.05) is 0 Å². The number of amides is 2. The molecule has 2 N–H and O–H groups in total. The molecule has 0 heterocycles. The van der Waals surface area contributed by atoms with Gasteiger partial charge in [-0.15, -0.1) is 0 Å². The summed E-state index contributed by atoms with van der Waals surface area (Å²) in [6.07, 6.45) is 0.299. The number of carbonyl (C=O) groups is 2. The summed E-state index contributed by atoms with van der Waals surface area (Å²) in [6.45, 7) is 2.53. The van der Waals surface area contributed by atoms with E-state index in [9.17, 15) is 9.59 Å². The summed E-state index contributed by atoms with van der Waals surface area (Å²) in [7, 11) is 0. The zero-order valence-corrected chi connectivity index (χ0v) is 7.59. The first kappa shape index (κ1) is 11.4. The smallest absolute Gasteiger partial charge is 0.234 e. The van der Waals surface area contributed by atoms with Crippen LogP contribution in [-0.2, 0) is 9.59 Å². The van der Waals surface area contributed by atoms with E-state index in [-0.39, 0.29) is 18.2 Å². The quantitative estimate of drug-likeness (QED) is 0.566. The van der Waals surface area contributed by atoms with Crippen LogP contribution in [0.15, 0.2) is 0 Å². The first-order valence-electron chi connectivity index (χ1n) is 4.11. The van der Waals surface area contributed by atoms with Crippen LogP contribution in [0.5, 0.6) is 0 Å². The van der Waals surface area contributed by atoms with Gasteiger partial charge in [-0.1, -0.05) is 6.92 Å². The van der Waals surface area contributed by atoms with Crippen molar-refractivity contribution in [2.45, 2.75) is 19.8 Å². The van der Waals surface area contributed by atoms with Crippen molar-refractivity contribution in [1.29, 1.82) is 5.26 Å². The molecular weight excluding hydrogens is 170 g/mol. The third kappa shape index (κ3) is 6.81. The first-order chi connectivity index (χ1) is 6.20. The molecule has 0 aliphatic rings. The van der Waals surface area contributed by atoms with Crippen LogP contribution >= 0.6 is 0 Å². The van der Waals surface area contributed by atoms with Crippen molar-refractivity contribution in [3.05, 3.63) is 0 Å². The van der Waals surface area contributed by atoms with Crippen molar-refractivity contribution in [3.8, 4) is 6.07 Å². The molecule has 5 heteroatoms. The Labute approximate surface area is 77.1 Å². The molecule has 0 aliphatic heterocycles. The van der Waals surface area contributed by atoms with E-state index < -0.39 is 0 Å². The van der Waals surface area contributed by atoms with E-state index in [1.165, 1.54) is 0 Å². The van der Waals surface area contributed by atoms with Gasteiger partial charge in [0.15, 0.2) is 0 Å². The van der Waals surface area contributed by atoms with Gasteiger partial charge < -0.3 is 10.6 Å². The van der Waals surface area contributed by atoms with Crippen molar-refractivity contribution in [2.75, 3.05) is 13.1 Å². The van der Waals surface area contributed by atoms with Crippen LogP contribution < -0.4 is 10.6 Å². The lowest BCUT2D eigenvalue weighted by molar-refractivity contribution is -0.122. The van der Waals surface area contributed by atoms with E-state index in [2.05, 4.69) is 10.6 Å². The zero-order valence-electron chi connectivity index (χ0n) is 7.59. The summed E-state index contributed by atoms with van der Waals surface area (Å²) in [6, 6.07) is 1.73. The second-order valence-electron chi connectivity index (χ2n) is 2.39. The minimum atomic E-state index is -0.312. The summed E-state index contributed by atoms with van der Waals surface area (Å²) in [5, 5.41) is 13.2. The molecule has 0 radical (unpaired) electrons. The predicted octanol–water partition coefficient (Wildman–Crippen LogP) is -0.458. The monoisotopic (exact) mass is 183 g/mol. The number of hydrogen-bond donors (Lipinski definition) is 2.